The van der Waals surface area contributed by atoms with Crippen molar-refractivity contribution in [2.45, 2.75) is 12.6 Å². The van der Waals surface area contributed by atoms with Crippen LogP contribution in [-0.4, -0.2) is 12.7 Å². The third kappa shape index (κ3) is 1.66. The van der Waals surface area contributed by atoms with Crippen LogP contribution < -0.4 is 10.6 Å². The lowest BCUT2D eigenvalue weighted by Crippen LogP contribution is -2.34. The van der Waals surface area contributed by atoms with Crippen molar-refractivity contribution in [3.05, 3.63) is 29.8 Å². The predicted molar refractivity (Wildman–Crippen MR) is 54.4 cm³/mol. The average molecular weight is 172 g/mol. The van der Waals surface area contributed by atoms with Crippen molar-refractivity contribution >= 4 is 5.69 Å². The summed E-state index contributed by atoms with van der Waals surface area (Å²) in [5.74, 6) is 2.57. The Bertz CT molecular complexity index is 313. The minimum absolute atomic E-state index is 0.299. The van der Waals surface area contributed by atoms with Crippen molar-refractivity contribution in [2.75, 3.05) is 11.9 Å². The Hall–Kier alpha value is -1.46. The molecule has 0 amide bonds. The molecular weight excluding hydrogens is 160 g/mol. The molecule has 0 bridgehead atoms. The Labute approximate surface area is 78.3 Å². The summed E-state index contributed by atoms with van der Waals surface area (Å²) in [6.45, 7) is 0.617. The van der Waals surface area contributed by atoms with Crippen molar-refractivity contribution in [3.8, 4) is 12.3 Å². The molecule has 1 aromatic rings. The zero-order chi connectivity index (χ0) is 9.10. The Morgan fingerprint density at radius 3 is 3.15 bits per heavy atom. The van der Waals surface area contributed by atoms with Crippen molar-refractivity contribution in [3.63, 3.8) is 0 Å². The molecule has 1 heterocycles. The summed E-state index contributed by atoms with van der Waals surface area (Å²) in [5.41, 5.74) is 2.58. The SMILES string of the molecule is C#CCNC1Cc2ccccc2N1. The first-order valence-electron chi connectivity index (χ1n) is 4.41. The van der Waals surface area contributed by atoms with E-state index in [9.17, 15) is 0 Å². The molecule has 0 radical (unpaired) electrons. The minimum atomic E-state index is 0.299. The number of nitrogens with one attached hydrogen (secondary N) is 2. The van der Waals surface area contributed by atoms with Gasteiger partial charge in [-0.25, -0.2) is 0 Å². The van der Waals surface area contributed by atoms with Gasteiger partial charge in [-0.2, -0.15) is 0 Å². The second-order valence-electron chi connectivity index (χ2n) is 3.14. The summed E-state index contributed by atoms with van der Waals surface area (Å²) in [6.07, 6.45) is 6.48. The van der Waals surface area contributed by atoms with Crippen LogP contribution in [0.1, 0.15) is 5.56 Å². The van der Waals surface area contributed by atoms with Crippen molar-refractivity contribution < 1.29 is 0 Å². The Morgan fingerprint density at radius 2 is 2.38 bits per heavy atom. The molecule has 2 rings (SSSR count). The largest absolute Gasteiger partial charge is 0.369 e. The second kappa shape index (κ2) is 3.51. The zero-order valence-electron chi connectivity index (χ0n) is 7.38. The van der Waals surface area contributed by atoms with E-state index >= 15 is 0 Å². The number of hydrogen-bond donors (Lipinski definition) is 2. The summed E-state index contributed by atoms with van der Waals surface area (Å²) >= 11 is 0. The van der Waals surface area contributed by atoms with Crippen LogP contribution in [0.5, 0.6) is 0 Å². The van der Waals surface area contributed by atoms with Gasteiger partial charge < -0.3 is 5.32 Å². The second-order valence-corrected chi connectivity index (χ2v) is 3.14. The first-order chi connectivity index (χ1) is 6.40. The predicted octanol–water partition coefficient (Wildman–Crippen LogP) is 1.20. The lowest BCUT2D eigenvalue weighted by atomic mass is 10.1. The van der Waals surface area contributed by atoms with E-state index in [4.69, 9.17) is 6.42 Å². The summed E-state index contributed by atoms with van der Waals surface area (Å²) in [6, 6.07) is 8.33. The summed E-state index contributed by atoms with van der Waals surface area (Å²) < 4.78 is 0. The van der Waals surface area contributed by atoms with E-state index in [0.29, 0.717) is 12.7 Å². The van der Waals surface area contributed by atoms with E-state index in [1.54, 1.807) is 0 Å². The Kier molecular flexibility index (Phi) is 2.20. The molecule has 1 aliphatic rings. The van der Waals surface area contributed by atoms with Gasteiger partial charge in [-0.1, -0.05) is 24.1 Å². The first-order valence-corrected chi connectivity index (χ1v) is 4.41. The van der Waals surface area contributed by atoms with E-state index in [1.165, 1.54) is 11.3 Å². The van der Waals surface area contributed by atoms with Crippen LogP contribution in [0.15, 0.2) is 24.3 Å². The molecule has 0 saturated carbocycles. The number of terminal acetylenes is 1. The number of rotatable bonds is 2. The summed E-state index contributed by atoms with van der Waals surface area (Å²) in [7, 11) is 0. The molecule has 2 heteroatoms. The molecule has 2 N–H and O–H groups in total. The molecular formula is C11H12N2. The highest BCUT2D eigenvalue weighted by molar-refractivity contribution is 5.56. The highest BCUT2D eigenvalue weighted by Crippen LogP contribution is 2.23. The van der Waals surface area contributed by atoms with Gasteiger partial charge in [0.2, 0.25) is 0 Å². The van der Waals surface area contributed by atoms with Gasteiger partial charge in [0.25, 0.3) is 0 Å². The van der Waals surface area contributed by atoms with Gasteiger partial charge in [0.1, 0.15) is 0 Å². The molecule has 1 aromatic carbocycles. The van der Waals surface area contributed by atoms with Crippen LogP contribution >= 0.6 is 0 Å². The van der Waals surface area contributed by atoms with E-state index in [-0.39, 0.29) is 0 Å². The maximum Gasteiger partial charge on any atom is 0.0817 e. The van der Waals surface area contributed by atoms with Gasteiger partial charge in [0, 0.05) is 12.1 Å². The van der Waals surface area contributed by atoms with E-state index in [0.717, 1.165) is 6.42 Å². The number of anilines is 1. The van der Waals surface area contributed by atoms with Gasteiger partial charge in [0.15, 0.2) is 0 Å². The van der Waals surface area contributed by atoms with Crippen molar-refractivity contribution in [1.82, 2.24) is 5.32 Å². The quantitative estimate of drug-likeness (QED) is 0.655. The van der Waals surface area contributed by atoms with Gasteiger partial charge in [0.05, 0.1) is 12.7 Å². The molecule has 0 aliphatic carbocycles. The van der Waals surface area contributed by atoms with Crippen LogP contribution in [0.2, 0.25) is 0 Å². The number of benzene rings is 1. The van der Waals surface area contributed by atoms with Crippen LogP contribution in [0.25, 0.3) is 0 Å². The normalized spacial score (nSPS) is 18.8. The fourth-order valence-corrected chi connectivity index (χ4v) is 1.60. The van der Waals surface area contributed by atoms with Crippen LogP contribution in [0.4, 0.5) is 5.69 Å². The molecule has 0 aromatic heterocycles. The van der Waals surface area contributed by atoms with Crippen LogP contribution in [0, 0.1) is 12.3 Å². The maximum atomic E-state index is 5.17. The van der Waals surface area contributed by atoms with Crippen LogP contribution in [-0.2, 0) is 6.42 Å². The van der Waals surface area contributed by atoms with Gasteiger partial charge in [-0.05, 0) is 11.6 Å². The monoisotopic (exact) mass is 172 g/mol. The third-order valence-electron chi connectivity index (χ3n) is 2.22. The van der Waals surface area contributed by atoms with Gasteiger partial charge in [-0.3, -0.25) is 5.32 Å². The standard InChI is InChI=1S/C11H12N2/c1-2-7-12-11-8-9-5-3-4-6-10(9)13-11/h1,3-6,11-13H,7-8H2. The first kappa shape index (κ1) is 8.15. The molecule has 1 atom stereocenters. The van der Waals surface area contributed by atoms with Gasteiger partial charge >= 0.3 is 0 Å². The molecule has 66 valence electrons. The Morgan fingerprint density at radius 1 is 1.54 bits per heavy atom. The smallest absolute Gasteiger partial charge is 0.0817 e. The minimum Gasteiger partial charge on any atom is -0.369 e. The molecule has 0 spiro atoms. The fraction of sp³-hybridized carbons (Fsp3) is 0.273. The van der Waals surface area contributed by atoms with E-state index in [1.807, 2.05) is 6.07 Å². The number of fused-ring (bicyclic) bond motifs is 1. The van der Waals surface area contributed by atoms with Crippen LogP contribution in [0.3, 0.4) is 0 Å². The molecule has 2 nitrogen and oxygen atoms in total. The summed E-state index contributed by atoms with van der Waals surface area (Å²) in [5, 5.41) is 6.59. The highest BCUT2D eigenvalue weighted by Gasteiger charge is 2.18. The lowest BCUT2D eigenvalue weighted by molar-refractivity contribution is 0.622. The maximum absolute atomic E-state index is 5.17. The Balaban J connectivity index is 2.02. The average Bonchev–Trinajstić information content (AvgIpc) is 2.57. The number of para-hydroxylation sites is 1. The molecule has 13 heavy (non-hydrogen) atoms. The molecule has 1 aliphatic heterocycles. The molecule has 1 unspecified atom stereocenters. The summed E-state index contributed by atoms with van der Waals surface area (Å²) in [4.78, 5) is 0. The van der Waals surface area contributed by atoms with Crippen molar-refractivity contribution in [2.24, 2.45) is 0 Å². The van der Waals surface area contributed by atoms with E-state index in [2.05, 4.69) is 34.8 Å². The number of hydrogen-bond acceptors (Lipinski definition) is 2. The third-order valence-corrected chi connectivity index (χ3v) is 2.22. The zero-order valence-corrected chi connectivity index (χ0v) is 7.38. The molecule has 0 fully saturated rings. The van der Waals surface area contributed by atoms with Crippen molar-refractivity contribution in [1.29, 1.82) is 0 Å². The van der Waals surface area contributed by atoms with Gasteiger partial charge in [-0.15, -0.1) is 6.42 Å². The fourth-order valence-electron chi connectivity index (χ4n) is 1.60. The lowest BCUT2D eigenvalue weighted by Gasteiger charge is -2.10. The topological polar surface area (TPSA) is 24.1 Å². The van der Waals surface area contributed by atoms with E-state index < -0.39 is 0 Å². The highest BCUT2D eigenvalue weighted by atomic mass is 15.1. The molecule has 0 saturated heterocycles.